The van der Waals surface area contributed by atoms with Crippen molar-refractivity contribution in [2.75, 3.05) is 0 Å². The molecule has 1 aromatic carbocycles. The predicted molar refractivity (Wildman–Crippen MR) is 58.6 cm³/mol. The van der Waals surface area contributed by atoms with E-state index in [1.807, 2.05) is 0 Å². The Kier molecular flexibility index (Phi) is 4.30. The summed E-state index contributed by atoms with van der Waals surface area (Å²) in [7, 11) is 0. The second-order valence-corrected chi connectivity index (χ2v) is 3.63. The van der Waals surface area contributed by atoms with E-state index < -0.39 is 24.2 Å². The molecule has 2 N–H and O–H groups in total. The van der Waals surface area contributed by atoms with Crippen molar-refractivity contribution in [3.8, 4) is 6.07 Å². The smallest absolute Gasteiger partial charge is 0.260 e. The first-order valence-electron chi connectivity index (χ1n) is 4.87. The van der Waals surface area contributed by atoms with Crippen LogP contribution in [-0.4, -0.2) is 12.0 Å². The molecule has 0 bridgehead atoms. The lowest BCUT2D eigenvalue weighted by atomic mass is 9.96. The highest BCUT2D eigenvalue weighted by atomic mass is 19.3. The minimum absolute atomic E-state index is 0.410. The molecule has 17 heavy (non-hydrogen) atoms. The first kappa shape index (κ1) is 13.3. The Bertz CT molecular complexity index is 434. The van der Waals surface area contributed by atoms with E-state index in [1.54, 1.807) is 6.07 Å². The molecule has 1 rings (SSSR count). The maximum absolute atomic E-state index is 12.6. The maximum Gasteiger partial charge on any atom is 0.260 e. The number of nitrogens with two attached hydrogens (primary N) is 1. The number of rotatable bonds is 4. The number of hydrogen-bond donors (Lipinski definition) is 1. The van der Waals surface area contributed by atoms with E-state index in [2.05, 4.69) is 0 Å². The van der Waals surface area contributed by atoms with E-state index in [1.165, 1.54) is 30.3 Å². The van der Waals surface area contributed by atoms with Crippen LogP contribution in [0.3, 0.4) is 0 Å². The minimum atomic E-state index is -2.83. The van der Waals surface area contributed by atoms with E-state index in [0.717, 1.165) is 6.08 Å². The second-order valence-electron chi connectivity index (χ2n) is 3.63. The Hall–Kier alpha value is -1.80. The zero-order chi connectivity index (χ0) is 12.9. The van der Waals surface area contributed by atoms with Gasteiger partial charge in [0.25, 0.3) is 6.43 Å². The Morgan fingerprint density at radius 3 is 2.41 bits per heavy atom. The summed E-state index contributed by atoms with van der Waals surface area (Å²) in [5, 5.41) is 8.44. The van der Waals surface area contributed by atoms with Crippen LogP contribution in [0.4, 0.5) is 13.2 Å². The molecule has 0 aliphatic rings. The molecule has 0 aliphatic carbocycles. The fourth-order valence-electron chi connectivity index (χ4n) is 1.17. The summed E-state index contributed by atoms with van der Waals surface area (Å²) < 4.78 is 37.9. The Morgan fingerprint density at radius 2 is 1.94 bits per heavy atom. The highest BCUT2D eigenvalue weighted by Gasteiger charge is 2.32. The van der Waals surface area contributed by atoms with Crippen LogP contribution >= 0.6 is 0 Å². The van der Waals surface area contributed by atoms with Crippen LogP contribution in [0.25, 0.3) is 6.08 Å². The van der Waals surface area contributed by atoms with Crippen molar-refractivity contribution in [2.24, 2.45) is 5.73 Å². The van der Waals surface area contributed by atoms with Gasteiger partial charge in [-0.25, -0.2) is 13.2 Å². The molecule has 0 saturated carbocycles. The monoisotopic (exact) mass is 240 g/mol. The molecule has 0 heterocycles. The van der Waals surface area contributed by atoms with Gasteiger partial charge in [0, 0.05) is 0 Å². The maximum atomic E-state index is 12.6. The molecule has 0 fully saturated rings. The first-order valence-corrected chi connectivity index (χ1v) is 4.87. The number of alkyl halides is 2. The lowest BCUT2D eigenvalue weighted by Gasteiger charge is -2.21. The van der Waals surface area contributed by atoms with Crippen molar-refractivity contribution in [1.29, 1.82) is 5.26 Å². The summed E-state index contributed by atoms with van der Waals surface area (Å²) in [6, 6.07) is 6.91. The predicted octanol–water partition coefficient (Wildman–Crippen LogP) is 2.72. The van der Waals surface area contributed by atoms with E-state index in [-0.39, 0.29) is 0 Å². The average molecular weight is 240 g/mol. The average Bonchev–Trinajstić information content (AvgIpc) is 2.28. The van der Waals surface area contributed by atoms with Crippen molar-refractivity contribution < 1.29 is 13.2 Å². The van der Waals surface area contributed by atoms with Gasteiger partial charge in [0.1, 0.15) is 11.4 Å². The fraction of sp³-hybridized carbons (Fsp3) is 0.250. The molecule has 1 atom stereocenters. The zero-order valence-electron chi connectivity index (χ0n) is 8.91. The third-order valence-corrected chi connectivity index (χ3v) is 2.25. The van der Waals surface area contributed by atoms with Crippen LogP contribution in [0.1, 0.15) is 12.0 Å². The van der Waals surface area contributed by atoms with Gasteiger partial charge in [-0.2, -0.15) is 5.26 Å². The number of hydrogen-bond acceptors (Lipinski definition) is 2. The Morgan fingerprint density at radius 1 is 1.35 bits per heavy atom. The van der Waals surface area contributed by atoms with Crippen molar-refractivity contribution >= 4 is 6.08 Å². The van der Waals surface area contributed by atoms with Crippen molar-refractivity contribution in [3.63, 3.8) is 0 Å². The van der Waals surface area contributed by atoms with Gasteiger partial charge >= 0.3 is 0 Å². The molecule has 0 radical (unpaired) electrons. The van der Waals surface area contributed by atoms with E-state index in [9.17, 15) is 13.2 Å². The number of nitriles is 1. The second kappa shape index (κ2) is 5.51. The lowest BCUT2D eigenvalue weighted by Crippen LogP contribution is -2.44. The van der Waals surface area contributed by atoms with E-state index in [4.69, 9.17) is 11.0 Å². The summed E-state index contributed by atoms with van der Waals surface area (Å²) in [6.07, 6.45) is -0.891. The number of benzene rings is 1. The number of halogens is 3. The zero-order valence-corrected chi connectivity index (χ0v) is 8.91. The molecular formula is C12H11F3N2. The van der Waals surface area contributed by atoms with Gasteiger partial charge in [0.05, 0.1) is 12.5 Å². The summed E-state index contributed by atoms with van der Waals surface area (Å²) >= 11 is 0. The lowest BCUT2D eigenvalue weighted by molar-refractivity contribution is 0.0819. The third-order valence-electron chi connectivity index (χ3n) is 2.25. The van der Waals surface area contributed by atoms with Gasteiger partial charge in [-0.05, 0) is 17.7 Å². The van der Waals surface area contributed by atoms with Gasteiger partial charge < -0.3 is 5.73 Å². The molecule has 1 aromatic rings. The molecule has 0 saturated heterocycles. The summed E-state index contributed by atoms with van der Waals surface area (Å²) in [5.74, 6) is -0.410. The Balaban J connectivity index is 2.87. The van der Waals surface area contributed by atoms with Gasteiger partial charge in [-0.3, -0.25) is 0 Å². The van der Waals surface area contributed by atoms with Crippen molar-refractivity contribution in [3.05, 3.63) is 41.7 Å². The molecule has 2 nitrogen and oxygen atoms in total. The quantitative estimate of drug-likeness (QED) is 0.879. The Labute approximate surface area is 97.2 Å². The topological polar surface area (TPSA) is 49.8 Å². The van der Waals surface area contributed by atoms with Crippen molar-refractivity contribution in [2.45, 2.75) is 18.4 Å². The molecule has 0 aliphatic heterocycles. The molecule has 90 valence electrons. The van der Waals surface area contributed by atoms with Crippen LogP contribution in [-0.2, 0) is 0 Å². The van der Waals surface area contributed by atoms with Gasteiger partial charge in [-0.15, -0.1) is 0 Å². The van der Waals surface area contributed by atoms with Gasteiger partial charge in [0.15, 0.2) is 0 Å². The highest BCUT2D eigenvalue weighted by Crippen LogP contribution is 2.20. The van der Waals surface area contributed by atoms with Crippen LogP contribution < -0.4 is 5.73 Å². The molecule has 0 spiro atoms. The van der Waals surface area contributed by atoms with Crippen molar-refractivity contribution in [1.82, 2.24) is 0 Å². The minimum Gasteiger partial charge on any atom is -0.316 e. The standard InChI is InChI=1S/C12H11F3N2/c13-10-3-1-9(2-4-10)5-6-12(17,7-8-16)11(14)15/h1-6,11H,7,17H2/b6-5+. The molecule has 1 unspecified atom stereocenters. The van der Waals surface area contributed by atoms with Crippen LogP contribution in [0.2, 0.25) is 0 Å². The first-order chi connectivity index (χ1) is 7.98. The fourth-order valence-corrected chi connectivity index (χ4v) is 1.17. The summed E-state index contributed by atoms with van der Waals surface area (Å²) in [4.78, 5) is 0. The molecule has 0 amide bonds. The van der Waals surface area contributed by atoms with Crippen LogP contribution in [0.5, 0.6) is 0 Å². The molecule has 0 aromatic heterocycles. The SMILES string of the molecule is N#CCC(N)(/C=C/c1ccc(F)cc1)C(F)F. The molecule has 5 heteroatoms. The largest absolute Gasteiger partial charge is 0.316 e. The number of nitrogens with zero attached hydrogens (tertiary/aromatic N) is 1. The van der Waals surface area contributed by atoms with Crippen LogP contribution in [0, 0.1) is 17.1 Å². The van der Waals surface area contributed by atoms with E-state index in [0.29, 0.717) is 5.56 Å². The summed E-state index contributed by atoms with van der Waals surface area (Å²) in [6.45, 7) is 0. The van der Waals surface area contributed by atoms with E-state index >= 15 is 0 Å². The third kappa shape index (κ3) is 3.61. The van der Waals surface area contributed by atoms with Gasteiger partial charge in [-0.1, -0.05) is 24.3 Å². The normalized spacial score (nSPS) is 14.8. The molecular weight excluding hydrogens is 229 g/mol. The van der Waals surface area contributed by atoms with Crippen LogP contribution in [0.15, 0.2) is 30.3 Å². The summed E-state index contributed by atoms with van der Waals surface area (Å²) in [5.41, 5.74) is 3.97. The highest BCUT2D eigenvalue weighted by molar-refractivity contribution is 5.51. The van der Waals surface area contributed by atoms with Gasteiger partial charge in [0.2, 0.25) is 0 Å².